The van der Waals surface area contributed by atoms with E-state index in [4.69, 9.17) is 21.1 Å². The van der Waals surface area contributed by atoms with Gasteiger partial charge >= 0.3 is 0 Å². The fraction of sp³-hybridized carbons (Fsp3) is 0.474. The minimum Gasteiger partial charge on any atom is -0.492 e. The van der Waals surface area contributed by atoms with Crippen LogP contribution in [0.25, 0.3) is 0 Å². The number of aromatic nitrogens is 3. The fourth-order valence-electron chi connectivity index (χ4n) is 3.46. The number of amides is 2. The normalized spacial score (nSPS) is 22.6. The molecule has 0 aliphatic carbocycles. The molecule has 10 heteroatoms. The van der Waals surface area contributed by atoms with E-state index in [1.807, 2.05) is 6.20 Å². The van der Waals surface area contributed by atoms with Crippen LogP contribution in [0.3, 0.4) is 0 Å². The summed E-state index contributed by atoms with van der Waals surface area (Å²) in [5.41, 5.74) is 1.13. The zero-order valence-corrected chi connectivity index (χ0v) is 16.8. The molecule has 0 unspecified atom stereocenters. The van der Waals surface area contributed by atoms with Gasteiger partial charge < -0.3 is 19.7 Å². The number of hydrogen-bond acceptors (Lipinski definition) is 6. The van der Waals surface area contributed by atoms with E-state index in [0.717, 1.165) is 0 Å². The SMILES string of the molecule is CC(=O)N1C[C@@H]2NC(=O)c3ccc(Cl)c(c3)OCCCn3cc(nn3)CO[C@H]2C1. The first-order chi connectivity index (χ1) is 14.0. The quantitative estimate of drug-likeness (QED) is 0.690. The summed E-state index contributed by atoms with van der Waals surface area (Å²) < 4.78 is 13.5. The van der Waals surface area contributed by atoms with Crippen LogP contribution < -0.4 is 10.1 Å². The molecule has 29 heavy (non-hydrogen) atoms. The Bertz CT molecular complexity index is 918. The first-order valence-electron chi connectivity index (χ1n) is 9.49. The van der Waals surface area contributed by atoms with Gasteiger partial charge in [-0.15, -0.1) is 5.10 Å². The number of hydrogen-bond donors (Lipinski definition) is 1. The molecule has 4 rings (SSSR count). The van der Waals surface area contributed by atoms with Gasteiger partial charge in [-0.2, -0.15) is 0 Å². The van der Waals surface area contributed by atoms with Crippen molar-refractivity contribution in [2.45, 2.75) is 38.6 Å². The molecule has 2 atom stereocenters. The monoisotopic (exact) mass is 419 g/mol. The van der Waals surface area contributed by atoms with Crippen LogP contribution in [-0.2, 0) is 22.7 Å². The molecular weight excluding hydrogens is 398 g/mol. The summed E-state index contributed by atoms with van der Waals surface area (Å²) in [5, 5.41) is 11.6. The molecule has 2 aliphatic heterocycles. The van der Waals surface area contributed by atoms with Crippen LogP contribution in [0.4, 0.5) is 0 Å². The summed E-state index contributed by atoms with van der Waals surface area (Å²) in [5.74, 6) is 0.123. The third-order valence-electron chi connectivity index (χ3n) is 5.04. The van der Waals surface area contributed by atoms with E-state index in [-0.39, 0.29) is 30.6 Å². The van der Waals surface area contributed by atoms with Gasteiger partial charge in [0, 0.05) is 38.5 Å². The maximum Gasteiger partial charge on any atom is 0.251 e. The van der Waals surface area contributed by atoms with Crippen LogP contribution in [0.5, 0.6) is 5.75 Å². The molecule has 2 aromatic rings. The maximum absolute atomic E-state index is 12.8. The number of benzene rings is 1. The summed E-state index contributed by atoms with van der Waals surface area (Å²) in [7, 11) is 0. The first-order valence-corrected chi connectivity index (χ1v) is 9.87. The van der Waals surface area contributed by atoms with Crippen LogP contribution in [0.2, 0.25) is 5.02 Å². The Hall–Kier alpha value is -2.65. The summed E-state index contributed by atoms with van der Waals surface area (Å²) in [6.07, 6.45) is 2.18. The van der Waals surface area contributed by atoms with Crippen LogP contribution in [0, 0.1) is 0 Å². The summed E-state index contributed by atoms with van der Waals surface area (Å²) in [6.45, 7) is 3.61. The van der Waals surface area contributed by atoms with E-state index in [0.29, 0.717) is 54.7 Å². The lowest BCUT2D eigenvalue weighted by Crippen LogP contribution is -2.44. The lowest BCUT2D eigenvalue weighted by Gasteiger charge is -2.20. The van der Waals surface area contributed by atoms with Gasteiger partial charge in [0.15, 0.2) is 0 Å². The third kappa shape index (κ3) is 4.51. The Kier molecular flexibility index (Phi) is 5.68. The van der Waals surface area contributed by atoms with Crippen molar-refractivity contribution in [3.05, 3.63) is 40.7 Å². The second-order valence-corrected chi connectivity index (χ2v) is 7.58. The molecule has 3 heterocycles. The van der Waals surface area contributed by atoms with E-state index in [1.165, 1.54) is 6.92 Å². The molecule has 1 N–H and O–H groups in total. The lowest BCUT2D eigenvalue weighted by molar-refractivity contribution is -0.128. The van der Waals surface area contributed by atoms with Crippen LogP contribution in [-0.4, -0.2) is 63.6 Å². The van der Waals surface area contributed by atoms with E-state index in [9.17, 15) is 9.59 Å². The predicted octanol–water partition coefficient (Wildman–Crippen LogP) is 1.26. The molecular formula is C19H22ClN5O4. The van der Waals surface area contributed by atoms with Crippen molar-refractivity contribution in [3.63, 3.8) is 0 Å². The van der Waals surface area contributed by atoms with Gasteiger partial charge in [0.1, 0.15) is 11.4 Å². The maximum atomic E-state index is 12.8. The second-order valence-electron chi connectivity index (χ2n) is 7.17. The Morgan fingerprint density at radius 3 is 3.03 bits per heavy atom. The van der Waals surface area contributed by atoms with Crippen LogP contribution in [0.1, 0.15) is 29.4 Å². The van der Waals surface area contributed by atoms with E-state index >= 15 is 0 Å². The number of carbonyl (C=O) groups is 2. The van der Waals surface area contributed by atoms with Gasteiger partial charge in [0.2, 0.25) is 5.91 Å². The molecule has 1 aromatic carbocycles. The highest BCUT2D eigenvalue weighted by Gasteiger charge is 2.36. The van der Waals surface area contributed by atoms with E-state index in [1.54, 1.807) is 27.8 Å². The predicted molar refractivity (Wildman–Crippen MR) is 104 cm³/mol. The highest BCUT2D eigenvalue weighted by atomic mass is 35.5. The van der Waals surface area contributed by atoms with Crippen molar-refractivity contribution in [1.29, 1.82) is 0 Å². The zero-order chi connectivity index (χ0) is 20.4. The van der Waals surface area contributed by atoms with E-state index in [2.05, 4.69) is 15.6 Å². The number of nitrogens with zero attached hydrogens (tertiary/aromatic N) is 4. The van der Waals surface area contributed by atoms with Crippen LogP contribution in [0.15, 0.2) is 24.4 Å². The molecule has 2 amide bonds. The van der Waals surface area contributed by atoms with Gasteiger partial charge in [0.05, 0.1) is 36.6 Å². The Morgan fingerprint density at radius 2 is 2.21 bits per heavy atom. The minimum atomic E-state index is -0.344. The molecule has 1 fully saturated rings. The summed E-state index contributed by atoms with van der Waals surface area (Å²) in [4.78, 5) is 26.3. The molecule has 0 spiro atoms. The van der Waals surface area contributed by atoms with Gasteiger partial charge in [-0.3, -0.25) is 14.3 Å². The highest BCUT2D eigenvalue weighted by molar-refractivity contribution is 6.32. The number of fused-ring (bicyclic) bond motifs is 5. The number of aryl methyl sites for hydroxylation is 1. The van der Waals surface area contributed by atoms with Crippen molar-refractivity contribution in [3.8, 4) is 5.75 Å². The van der Waals surface area contributed by atoms with Crippen molar-refractivity contribution in [1.82, 2.24) is 25.2 Å². The molecule has 154 valence electrons. The zero-order valence-electron chi connectivity index (χ0n) is 16.0. The summed E-state index contributed by atoms with van der Waals surface area (Å²) in [6, 6.07) is 4.58. The van der Waals surface area contributed by atoms with E-state index < -0.39 is 0 Å². The smallest absolute Gasteiger partial charge is 0.251 e. The Labute approximate surface area is 172 Å². The number of ether oxygens (including phenoxy) is 2. The molecule has 2 aliphatic rings. The van der Waals surface area contributed by atoms with Crippen molar-refractivity contribution >= 4 is 23.4 Å². The average Bonchev–Trinajstić information content (AvgIpc) is 3.31. The third-order valence-corrected chi connectivity index (χ3v) is 5.35. The standard InChI is InChI=1S/C19H22ClN5O4/c1-12(26)24-9-16-18(10-24)29-11-14-8-25(23-22-14)5-2-6-28-17-7-13(19(27)21-16)3-4-15(17)20/h3-4,7-8,16,18H,2,5-6,9-11H2,1H3,(H,21,27)/t16-,18-/m0/s1. The molecule has 9 nitrogen and oxygen atoms in total. The van der Waals surface area contributed by atoms with Crippen molar-refractivity contribution < 1.29 is 19.1 Å². The van der Waals surface area contributed by atoms with Crippen molar-refractivity contribution in [2.24, 2.45) is 0 Å². The number of carbonyl (C=O) groups excluding carboxylic acids is 2. The molecule has 1 aromatic heterocycles. The molecule has 4 bridgehead atoms. The summed E-state index contributed by atoms with van der Waals surface area (Å²) >= 11 is 6.21. The number of rotatable bonds is 0. The Morgan fingerprint density at radius 1 is 1.34 bits per heavy atom. The molecule has 1 saturated heterocycles. The minimum absolute atomic E-state index is 0.0608. The first kappa shape index (κ1) is 19.7. The molecule has 0 radical (unpaired) electrons. The average molecular weight is 420 g/mol. The van der Waals surface area contributed by atoms with Gasteiger partial charge in [0.25, 0.3) is 5.91 Å². The Balaban J connectivity index is 1.60. The largest absolute Gasteiger partial charge is 0.492 e. The van der Waals surface area contributed by atoms with Gasteiger partial charge in [-0.25, -0.2) is 0 Å². The van der Waals surface area contributed by atoms with Gasteiger partial charge in [-0.05, 0) is 18.2 Å². The highest BCUT2D eigenvalue weighted by Crippen LogP contribution is 2.26. The van der Waals surface area contributed by atoms with Crippen LogP contribution >= 0.6 is 11.6 Å². The number of halogens is 1. The topological polar surface area (TPSA) is 98.6 Å². The molecule has 0 saturated carbocycles. The van der Waals surface area contributed by atoms with Crippen molar-refractivity contribution in [2.75, 3.05) is 19.7 Å². The fourth-order valence-corrected chi connectivity index (χ4v) is 3.63. The van der Waals surface area contributed by atoms with Gasteiger partial charge in [-0.1, -0.05) is 16.8 Å². The lowest BCUT2D eigenvalue weighted by atomic mass is 10.1. The number of nitrogens with one attached hydrogen (secondary N) is 1. The number of likely N-dealkylation sites (tertiary alicyclic amines) is 1. The second kappa shape index (κ2) is 8.38.